The number of carbonyl (C=O) groups is 1. The Kier molecular flexibility index (Phi) is 3.22. The molecule has 0 spiro atoms. The van der Waals surface area contributed by atoms with Crippen LogP contribution in [-0.4, -0.2) is 23.5 Å². The van der Waals surface area contributed by atoms with Crippen LogP contribution in [0.2, 0.25) is 0 Å². The Hall–Kier alpha value is -1.14. The van der Waals surface area contributed by atoms with Crippen LogP contribution in [0.1, 0.15) is 12.8 Å². The topological polar surface area (TPSA) is 54.0 Å². The predicted octanol–water partition coefficient (Wildman–Crippen LogP) is 2.75. The smallest absolute Gasteiger partial charge is 0.242 e. The van der Waals surface area contributed by atoms with E-state index in [1.165, 1.54) is 0 Å². The van der Waals surface area contributed by atoms with Crippen LogP contribution >= 0.6 is 27.3 Å². The van der Waals surface area contributed by atoms with Crippen molar-refractivity contribution in [2.45, 2.75) is 18.9 Å². The van der Waals surface area contributed by atoms with Crippen molar-refractivity contribution in [3.05, 3.63) is 22.7 Å². The Morgan fingerprint density at radius 2 is 2.39 bits per heavy atom. The molecule has 1 atom stereocenters. The van der Waals surface area contributed by atoms with Crippen LogP contribution in [0.25, 0.3) is 10.2 Å². The van der Waals surface area contributed by atoms with Crippen molar-refractivity contribution in [2.75, 3.05) is 11.9 Å². The van der Waals surface area contributed by atoms with Crippen molar-refractivity contribution in [3.63, 3.8) is 0 Å². The highest BCUT2D eigenvalue weighted by Gasteiger charge is 2.22. The lowest BCUT2D eigenvalue weighted by Crippen LogP contribution is -2.44. The van der Waals surface area contributed by atoms with Crippen LogP contribution in [0.5, 0.6) is 0 Å². The molecule has 18 heavy (non-hydrogen) atoms. The summed E-state index contributed by atoms with van der Waals surface area (Å²) in [6, 6.07) is 5.86. The van der Waals surface area contributed by atoms with Gasteiger partial charge in [0.25, 0.3) is 0 Å². The van der Waals surface area contributed by atoms with Crippen LogP contribution in [0.4, 0.5) is 5.13 Å². The zero-order valence-electron chi connectivity index (χ0n) is 9.57. The zero-order chi connectivity index (χ0) is 12.5. The van der Waals surface area contributed by atoms with Gasteiger partial charge in [0.15, 0.2) is 5.13 Å². The third-order valence-electron chi connectivity index (χ3n) is 2.93. The molecule has 4 nitrogen and oxygen atoms in total. The van der Waals surface area contributed by atoms with Crippen molar-refractivity contribution in [2.24, 2.45) is 0 Å². The second-order valence-corrected chi connectivity index (χ2v) is 6.21. The number of carbonyl (C=O) groups excluding carboxylic acids is 1. The largest absolute Gasteiger partial charge is 0.354 e. The van der Waals surface area contributed by atoms with Crippen molar-refractivity contribution in [1.82, 2.24) is 10.3 Å². The predicted molar refractivity (Wildman–Crippen MR) is 77.0 cm³/mol. The van der Waals surface area contributed by atoms with E-state index in [4.69, 9.17) is 0 Å². The van der Waals surface area contributed by atoms with E-state index in [-0.39, 0.29) is 11.9 Å². The number of thiazole rings is 1. The van der Waals surface area contributed by atoms with Gasteiger partial charge in [0.2, 0.25) is 5.91 Å². The number of aromatic nitrogens is 1. The van der Waals surface area contributed by atoms with E-state index in [1.54, 1.807) is 11.3 Å². The molecule has 0 aliphatic carbocycles. The summed E-state index contributed by atoms with van der Waals surface area (Å²) >= 11 is 5.01. The highest BCUT2D eigenvalue weighted by Crippen LogP contribution is 2.29. The van der Waals surface area contributed by atoms with Crippen LogP contribution in [0.15, 0.2) is 22.7 Å². The molecule has 1 aliphatic rings. The van der Waals surface area contributed by atoms with Crippen LogP contribution in [-0.2, 0) is 4.79 Å². The number of benzene rings is 1. The van der Waals surface area contributed by atoms with E-state index >= 15 is 0 Å². The molecule has 0 bridgehead atoms. The van der Waals surface area contributed by atoms with Crippen molar-refractivity contribution in [1.29, 1.82) is 0 Å². The van der Waals surface area contributed by atoms with Gasteiger partial charge in [-0.1, -0.05) is 27.3 Å². The number of hydrogen-bond donors (Lipinski definition) is 2. The van der Waals surface area contributed by atoms with Gasteiger partial charge in [-0.3, -0.25) is 4.79 Å². The van der Waals surface area contributed by atoms with Gasteiger partial charge in [-0.2, -0.15) is 0 Å². The highest BCUT2D eigenvalue weighted by molar-refractivity contribution is 9.10. The molecule has 6 heteroatoms. The Labute approximate surface area is 117 Å². The molecule has 1 fully saturated rings. The molecule has 1 aromatic heterocycles. The number of anilines is 1. The molecule has 2 heterocycles. The third kappa shape index (κ3) is 2.35. The average molecular weight is 326 g/mol. The minimum absolute atomic E-state index is 0.0710. The number of halogens is 1. The maximum atomic E-state index is 11.7. The lowest BCUT2D eigenvalue weighted by atomic mass is 10.1. The highest BCUT2D eigenvalue weighted by atomic mass is 79.9. The van der Waals surface area contributed by atoms with Gasteiger partial charge in [0.05, 0.1) is 10.2 Å². The Balaban J connectivity index is 1.84. The van der Waals surface area contributed by atoms with Gasteiger partial charge in [-0.15, -0.1) is 0 Å². The molecule has 94 valence electrons. The van der Waals surface area contributed by atoms with Gasteiger partial charge < -0.3 is 10.6 Å². The summed E-state index contributed by atoms with van der Waals surface area (Å²) < 4.78 is 2.14. The summed E-state index contributed by atoms with van der Waals surface area (Å²) in [5.74, 6) is 0.0710. The molecule has 2 N–H and O–H groups in total. The maximum absolute atomic E-state index is 11.7. The van der Waals surface area contributed by atoms with E-state index in [0.29, 0.717) is 0 Å². The van der Waals surface area contributed by atoms with Gasteiger partial charge in [-0.25, -0.2) is 4.98 Å². The number of hydrogen-bond acceptors (Lipinski definition) is 4. The Morgan fingerprint density at radius 1 is 1.50 bits per heavy atom. The average Bonchev–Trinajstić information content (AvgIpc) is 2.73. The molecular formula is C12H12BrN3OS. The minimum atomic E-state index is -0.150. The summed E-state index contributed by atoms with van der Waals surface area (Å²) in [6.07, 6.45) is 1.88. The number of fused-ring (bicyclic) bond motifs is 1. The van der Waals surface area contributed by atoms with Gasteiger partial charge >= 0.3 is 0 Å². The van der Waals surface area contributed by atoms with Crippen LogP contribution in [0.3, 0.4) is 0 Å². The number of nitrogens with zero attached hydrogens (tertiary/aromatic N) is 1. The monoisotopic (exact) mass is 325 g/mol. The lowest BCUT2D eigenvalue weighted by Gasteiger charge is -2.22. The SMILES string of the molecule is O=C1NCCCC1Nc1nc2cc(Br)ccc2s1. The molecule has 3 rings (SSSR count). The van der Waals surface area contributed by atoms with Crippen LogP contribution in [0, 0.1) is 0 Å². The molecule has 0 radical (unpaired) electrons. The second-order valence-electron chi connectivity index (χ2n) is 4.26. The van der Waals surface area contributed by atoms with E-state index < -0.39 is 0 Å². The molecule has 0 saturated carbocycles. The second kappa shape index (κ2) is 4.85. The summed E-state index contributed by atoms with van der Waals surface area (Å²) in [7, 11) is 0. The Bertz CT molecular complexity index is 598. The Morgan fingerprint density at radius 3 is 3.22 bits per heavy atom. The summed E-state index contributed by atoms with van der Waals surface area (Å²) in [4.78, 5) is 16.2. The minimum Gasteiger partial charge on any atom is -0.354 e. The van der Waals surface area contributed by atoms with E-state index in [2.05, 4.69) is 31.5 Å². The van der Waals surface area contributed by atoms with E-state index in [9.17, 15) is 4.79 Å². The zero-order valence-corrected chi connectivity index (χ0v) is 12.0. The first kappa shape index (κ1) is 11.9. The molecule has 1 aliphatic heterocycles. The standard InChI is InChI=1S/C12H12BrN3OS/c13-7-3-4-10-9(6-7)16-12(18-10)15-8-2-1-5-14-11(8)17/h3-4,6,8H,1-2,5H2,(H,14,17)(H,15,16). The van der Waals surface area contributed by atoms with E-state index in [1.807, 2.05) is 18.2 Å². The number of piperidine rings is 1. The molecular weight excluding hydrogens is 314 g/mol. The van der Waals surface area contributed by atoms with Gasteiger partial charge in [0, 0.05) is 11.0 Å². The quantitative estimate of drug-likeness (QED) is 0.892. The molecule has 2 aromatic rings. The maximum Gasteiger partial charge on any atom is 0.242 e. The van der Waals surface area contributed by atoms with Crippen LogP contribution < -0.4 is 10.6 Å². The van der Waals surface area contributed by atoms with E-state index in [0.717, 1.165) is 39.2 Å². The fourth-order valence-corrected chi connectivity index (χ4v) is 3.27. The number of amides is 1. The number of rotatable bonds is 2. The third-order valence-corrected chi connectivity index (χ3v) is 4.39. The summed E-state index contributed by atoms with van der Waals surface area (Å²) in [5.41, 5.74) is 0.952. The van der Waals surface area contributed by atoms with Gasteiger partial charge in [0.1, 0.15) is 6.04 Å². The fraction of sp³-hybridized carbons (Fsp3) is 0.333. The molecule has 1 amide bonds. The fourth-order valence-electron chi connectivity index (χ4n) is 2.02. The first-order chi connectivity index (χ1) is 8.72. The summed E-state index contributed by atoms with van der Waals surface area (Å²) in [6.45, 7) is 0.782. The molecule has 1 saturated heterocycles. The van der Waals surface area contributed by atoms with Crippen molar-refractivity contribution >= 4 is 48.5 Å². The summed E-state index contributed by atoms with van der Waals surface area (Å²) in [5, 5.41) is 6.89. The molecule has 1 aromatic carbocycles. The normalized spacial score (nSPS) is 19.8. The lowest BCUT2D eigenvalue weighted by molar-refractivity contribution is -0.123. The number of nitrogens with one attached hydrogen (secondary N) is 2. The molecule has 1 unspecified atom stereocenters. The first-order valence-corrected chi connectivity index (χ1v) is 7.44. The van der Waals surface area contributed by atoms with Crippen molar-refractivity contribution < 1.29 is 4.79 Å². The first-order valence-electron chi connectivity index (χ1n) is 5.83. The van der Waals surface area contributed by atoms with Crippen molar-refractivity contribution in [3.8, 4) is 0 Å². The van der Waals surface area contributed by atoms with Gasteiger partial charge in [-0.05, 0) is 31.0 Å².